The third kappa shape index (κ3) is 3.32. The smallest absolute Gasteiger partial charge is 0.289 e. The molecular weight excluding hydrogens is 318 g/mol. The maximum Gasteiger partial charge on any atom is 0.289 e. The lowest BCUT2D eigenvalue weighted by Gasteiger charge is -2.34. The lowest BCUT2D eigenvalue weighted by molar-refractivity contribution is 0.0596. The third-order valence-electron chi connectivity index (χ3n) is 4.38. The standard InChI is InChI=1S/C18H19N5O2/c24-17(16-5-2-13-25-16)22-11-9-21(10-12-22)14-15-4-1-8-23(15)18-19-6-3-7-20-18/h1-8,13H,9-12,14H2. The van der Waals surface area contributed by atoms with Crippen molar-refractivity contribution in [2.45, 2.75) is 6.54 Å². The molecule has 128 valence electrons. The van der Waals surface area contributed by atoms with Gasteiger partial charge in [-0.15, -0.1) is 0 Å². The molecule has 1 aliphatic heterocycles. The third-order valence-corrected chi connectivity index (χ3v) is 4.38. The SMILES string of the molecule is O=C(c1ccco1)N1CCN(Cc2cccn2-c2ncccn2)CC1. The van der Waals surface area contributed by atoms with Crippen LogP contribution in [0.15, 0.2) is 59.6 Å². The fourth-order valence-electron chi connectivity index (χ4n) is 3.05. The molecule has 0 unspecified atom stereocenters. The Morgan fingerprint density at radius 1 is 1.04 bits per heavy atom. The number of amides is 1. The van der Waals surface area contributed by atoms with Crippen molar-refractivity contribution in [2.75, 3.05) is 26.2 Å². The lowest BCUT2D eigenvalue weighted by atomic mass is 10.2. The van der Waals surface area contributed by atoms with Crippen LogP contribution >= 0.6 is 0 Å². The minimum atomic E-state index is -0.0364. The molecule has 4 rings (SSSR count). The molecule has 3 aromatic heterocycles. The van der Waals surface area contributed by atoms with Gasteiger partial charge in [0, 0.05) is 57.0 Å². The van der Waals surface area contributed by atoms with E-state index in [1.165, 1.54) is 6.26 Å². The van der Waals surface area contributed by atoms with Gasteiger partial charge >= 0.3 is 0 Å². The largest absolute Gasteiger partial charge is 0.459 e. The quantitative estimate of drug-likeness (QED) is 0.726. The zero-order chi connectivity index (χ0) is 17.1. The Morgan fingerprint density at radius 3 is 2.56 bits per heavy atom. The van der Waals surface area contributed by atoms with Crippen LogP contribution in [0.3, 0.4) is 0 Å². The second-order valence-electron chi connectivity index (χ2n) is 5.96. The first-order valence-electron chi connectivity index (χ1n) is 8.30. The van der Waals surface area contributed by atoms with Gasteiger partial charge in [-0.3, -0.25) is 14.3 Å². The zero-order valence-electron chi connectivity index (χ0n) is 13.8. The Labute approximate surface area is 145 Å². The van der Waals surface area contributed by atoms with Crippen LogP contribution in [-0.2, 0) is 6.54 Å². The zero-order valence-corrected chi connectivity index (χ0v) is 13.8. The number of furan rings is 1. The number of aromatic nitrogens is 3. The molecule has 0 N–H and O–H groups in total. The van der Waals surface area contributed by atoms with Gasteiger partial charge in [0.2, 0.25) is 5.95 Å². The van der Waals surface area contributed by atoms with Crippen molar-refractivity contribution < 1.29 is 9.21 Å². The van der Waals surface area contributed by atoms with E-state index in [1.54, 1.807) is 24.5 Å². The number of carbonyl (C=O) groups excluding carboxylic acids is 1. The van der Waals surface area contributed by atoms with Crippen molar-refractivity contribution in [3.05, 3.63) is 66.6 Å². The van der Waals surface area contributed by atoms with E-state index in [9.17, 15) is 4.79 Å². The van der Waals surface area contributed by atoms with Gasteiger partial charge in [-0.1, -0.05) is 0 Å². The summed E-state index contributed by atoms with van der Waals surface area (Å²) < 4.78 is 7.20. The number of piperazine rings is 1. The maximum absolute atomic E-state index is 12.3. The highest BCUT2D eigenvalue weighted by atomic mass is 16.3. The number of hydrogen-bond acceptors (Lipinski definition) is 5. The van der Waals surface area contributed by atoms with Crippen LogP contribution in [0, 0.1) is 0 Å². The topological polar surface area (TPSA) is 67.4 Å². The molecule has 7 nitrogen and oxygen atoms in total. The van der Waals surface area contributed by atoms with Gasteiger partial charge in [-0.05, 0) is 30.3 Å². The van der Waals surface area contributed by atoms with Crippen molar-refractivity contribution in [3.8, 4) is 5.95 Å². The highest BCUT2D eigenvalue weighted by Crippen LogP contribution is 2.14. The Bertz CT molecular complexity index is 820. The summed E-state index contributed by atoms with van der Waals surface area (Å²) in [4.78, 5) is 25.1. The molecule has 0 saturated carbocycles. The molecule has 1 saturated heterocycles. The second kappa shape index (κ2) is 6.90. The van der Waals surface area contributed by atoms with E-state index >= 15 is 0 Å². The van der Waals surface area contributed by atoms with Crippen LogP contribution in [-0.4, -0.2) is 56.4 Å². The van der Waals surface area contributed by atoms with Crippen LogP contribution in [0.25, 0.3) is 5.95 Å². The van der Waals surface area contributed by atoms with Crippen molar-refractivity contribution in [3.63, 3.8) is 0 Å². The number of nitrogens with zero attached hydrogens (tertiary/aromatic N) is 5. The van der Waals surface area contributed by atoms with Gasteiger partial charge in [0.05, 0.1) is 6.26 Å². The summed E-state index contributed by atoms with van der Waals surface area (Å²) >= 11 is 0. The van der Waals surface area contributed by atoms with Gasteiger partial charge in [0.15, 0.2) is 5.76 Å². The van der Waals surface area contributed by atoms with Gasteiger partial charge in [0.1, 0.15) is 0 Å². The Balaban J connectivity index is 1.38. The Morgan fingerprint density at radius 2 is 1.84 bits per heavy atom. The van der Waals surface area contributed by atoms with Gasteiger partial charge < -0.3 is 9.32 Å². The molecule has 3 aromatic rings. The van der Waals surface area contributed by atoms with E-state index < -0.39 is 0 Å². The van der Waals surface area contributed by atoms with E-state index in [0.29, 0.717) is 24.8 Å². The summed E-state index contributed by atoms with van der Waals surface area (Å²) in [5, 5.41) is 0. The summed E-state index contributed by atoms with van der Waals surface area (Å²) in [6, 6.07) is 9.34. The van der Waals surface area contributed by atoms with E-state index in [1.807, 2.05) is 27.8 Å². The highest BCUT2D eigenvalue weighted by molar-refractivity contribution is 5.91. The normalized spacial score (nSPS) is 15.4. The van der Waals surface area contributed by atoms with Gasteiger partial charge in [-0.25, -0.2) is 9.97 Å². The predicted octanol–water partition coefficient (Wildman–Crippen LogP) is 1.82. The van der Waals surface area contributed by atoms with Crippen molar-refractivity contribution >= 4 is 5.91 Å². The first-order valence-corrected chi connectivity index (χ1v) is 8.30. The molecule has 0 radical (unpaired) electrons. The first-order chi connectivity index (χ1) is 12.3. The predicted molar refractivity (Wildman–Crippen MR) is 91.2 cm³/mol. The molecule has 1 amide bonds. The summed E-state index contributed by atoms with van der Waals surface area (Å²) in [6.45, 7) is 3.85. The van der Waals surface area contributed by atoms with Crippen LogP contribution < -0.4 is 0 Å². The maximum atomic E-state index is 12.3. The first kappa shape index (κ1) is 15.6. The van der Waals surface area contributed by atoms with E-state index in [4.69, 9.17) is 4.42 Å². The molecule has 0 spiro atoms. The summed E-state index contributed by atoms with van der Waals surface area (Å²) in [5.74, 6) is 1.04. The molecule has 7 heteroatoms. The number of carbonyl (C=O) groups is 1. The monoisotopic (exact) mass is 337 g/mol. The fourth-order valence-corrected chi connectivity index (χ4v) is 3.05. The van der Waals surface area contributed by atoms with Gasteiger partial charge in [-0.2, -0.15) is 0 Å². The summed E-state index contributed by atoms with van der Waals surface area (Å²) in [5.41, 5.74) is 1.14. The van der Waals surface area contributed by atoms with Crippen molar-refractivity contribution in [1.82, 2.24) is 24.3 Å². The average Bonchev–Trinajstić information content (AvgIpc) is 3.35. The van der Waals surface area contributed by atoms with E-state index in [2.05, 4.69) is 20.9 Å². The van der Waals surface area contributed by atoms with Gasteiger partial charge in [0.25, 0.3) is 5.91 Å². The fraction of sp³-hybridized carbons (Fsp3) is 0.278. The van der Waals surface area contributed by atoms with Crippen molar-refractivity contribution in [1.29, 1.82) is 0 Å². The molecule has 0 bridgehead atoms. The van der Waals surface area contributed by atoms with Crippen molar-refractivity contribution in [2.24, 2.45) is 0 Å². The second-order valence-corrected chi connectivity index (χ2v) is 5.96. The minimum Gasteiger partial charge on any atom is -0.459 e. The van der Waals surface area contributed by atoms with E-state index in [0.717, 1.165) is 25.3 Å². The van der Waals surface area contributed by atoms with Crippen LogP contribution in [0.4, 0.5) is 0 Å². The lowest BCUT2D eigenvalue weighted by Crippen LogP contribution is -2.48. The van der Waals surface area contributed by atoms with E-state index in [-0.39, 0.29) is 5.91 Å². The molecule has 0 aliphatic carbocycles. The molecule has 4 heterocycles. The Hall–Kier alpha value is -2.93. The average molecular weight is 337 g/mol. The summed E-state index contributed by atoms with van der Waals surface area (Å²) in [7, 11) is 0. The number of rotatable bonds is 4. The molecule has 25 heavy (non-hydrogen) atoms. The molecule has 1 fully saturated rings. The highest BCUT2D eigenvalue weighted by Gasteiger charge is 2.24. The van der Waals surface area contributed by atoms with Crippen LogP contribution in [0.1, 0.15) is 16.2 Å². The summed E-state index contributed by atoms with van der Waals surface area (Å²) in [6.07, 6.45) is 6.99. The number of hydrogen-bond donors (Lipinski definition) is 0. The molecular formula is C18H19N5O2. The minimum absolute atomic E-state index is 0.0364. The molecule has 0 aromatic carbocycles. The Kier molecular flexibility index (Phi) is 4.30. The van der Waals surface area contributed by atoms with Crippen LogP contribution in [0.2, 0.25) is 0 Å². The molecule has 1 aliphatic rings. The van der Waals surface area contributed by atoms with Crippen LogP contribution in [0.5, 0.6) is 0 Å². The molecule has 0 atom stereocenters.